The van der Waals surface area contributed by atoms with Crippen LogP contribution in [0.5, 0.6) is 0 Å². The summed E-state index contributed by atoms with van der Waals surface area (Å²) in [5.74, 6) is 0. The molecule has 2 nitrogen and oxygen atoms in total. The van der Waals surface area contributed by atoms with E-state index in [1.165, 1.54) is 11.3 Å². The van der Waals surface area contributed by atoms with Crippen LogP contribution in [0.1, 0.15) is 25.8 Å². The predicted molar refractivity (Wildman–Crippen MR) is 64.4 cm³/mol. The first-order valence-electron chi connectivity index (χ1n) is 5.33. The van der Waals surface area contributed by atoms with Gasteiger partial charge in [0, 0.05) is 34.9 Å². The molecule has 1 aliphatic rings. The minimum Gasteiger partial charge on any atom is -0.381 e. The molecule has 1 heterocycles. The number of pyridine rings is 1. The van der Waals surface area contributed by atoms with E-state index in [9.17, 15) is 0 Å². The summed E-state index contributed by atoms with van der Waals surface area (Å²) in [5.41, 5.74) is 2.54. The van der Waals surface area contributed by atoms with Gasteiger partial charge < -0.3 is 5.32 Å². The van der Waals surface area contributed by atoms with Crippen LogP contribution in [-0.2, 0) is 0 Å². The Morgan fingerprint density at radius 3 is 2.80 bits per heavy atom. The fraction of sp³-hybridized carbons (Fsp3) is 0.583. The minimum atomic E-state index is 0.178. The van der Waals surface area contributed by atoms with Crippen molar-refractivity contribution in [2.75, 3.05) is 5.32 Å². The van der Waals surface area contributed by atoms with Gasteiger partial charge in [0.2, 0.25) is 0 Å². The third-order valence-corrected chi connectivity index (χ3v) is 4.24. The number of rotatable bonds is 2. The molecule has 1 aromatic heterocycles. The molecule has 1 aromatic rings. The largest absolute Gasteiger partial charge is 0.381 e. The molecule has 82 valence electrons. The maximum atomic E-state index is 6.19. The molecule has 3 heteroatoms. The Hall–Kier alpha value is -0.760. The fourth-order valence-corrected chi connectivity index (χ4v) is 2.27. The molecule has 0 amide bonds. The van der Waals surface area contributed by atoms with Crippen LogP contribution in [0, 0.1) is 12.3 Å². The zero-order chi connectivity index (χ0) is 11.1. The summed E-state index contributed by atoms with van der Waals surface area (Å²) in [6, 6.07) is 2.49. The van der Waals surface area contributed by atoms with E-state index in [-0.39, 0.29) is 10.8 Å². The van der Waals surface area contributed by atoms with E-state index in [1.54, 1.807) is 0 Å². The number of alkyl halides is 1. The van der Waals surface area contributed by atoms with E-state index in [0.29, 0.717) is 6.04 Å². The summed E-state index contributed by atoms with van der Waals surface area (Å²) in [6.07, 6.45) is 4.74. The maximum Gasteiger partial charge on any atom is 0.0426 e. The van der Waals surface area contributed by atoms with Gasteiger partial charge >= 0.3 is 0 Å². The van der Waals surface area contributed by atoms with Crippen LogP contribution in [0.4, 0.5) is 5.69 Å². The average molecular weight is 225 g/mol. The molecular weight excluding hydrogens is 208 g/mol. The van der Waals surface area contributed by atoms with E-state index >= 15 is 0 Å². The van der Waals surface area contributed by atoms with Crippen LogP contribution in [0.15, 0.2) is 18.5 Å². The van der Waals surface area contributed by atoms with E-state index < -0.39 is 0 Å². The monoisotopic (exact) mass is 224 g/mol. The molecule has 1 fully saturated rings. The van der Waals surface area contributed by atoms with Gasteiger partial charge in [0.1, 0.15) is 0 Å². The van der Waals surface area contributed by atoms with Gasteiger partial charge in [0.25, 0.3) is 0 Å². The number of aryl methyl sites for hydroxylation is 1. The first-order chi connectivity index (χ1) is 7.01. The molecule has 1 aliphatic carbocycles. The zero-order valence-electron chi connectivity index (χ0n) is 9.42. The second-order valence-corrected chi connectivity index (χ2v) is 5.44. The van der Waals surface area contributed by atoms with Gasteiger partial charge in [-0.25, -0.2) is 0 Å². The standard InChI is InChI=1S/C12H17ClN2/c1-8-7-14-5-4-9(8)15-11-6-10(13)12(11,2)3/h4-5,7,10-11H,6H2,1-3H3,(H,14,15). The highest BCUT2D eigenvalue weighted by molar-refractivity contribution is 6.21. The normalized spacial score (nSPS) is 28.3. The van der Waals surface area contributed by atoms with E-state index in [2.05, 4.69) is 31.1 Å². The number of halogens is 1. The molecule has 1 saturated carbocycles. The Balaban J connectivity index is 2.08. The SMILES string of the molecule is Cc1cnccc1NC1CC(Cl)C1(C)C. The Labute approximate surface area is 96.1 Å². The Kier molecular flexibility index (Phi) is 2.63. The molecule has 0 spiro atoms. The maximum absolute atomic E-state index is 6.19. The first-order valence-corrected chi connectivity index (χ1v) is 5.76. The highest BCUT2D eigenvalue weighted by atomic mass is 35.5. The molecule has 0 aromatic carbocycles. The Morgan fingerprint density at radius 1 is 1.53 bits per heavy atom. The van der Waals surface area contributed by atoms with Crippen molar-refractivity contribution in [1.82, 2.24) is 4.98 Å². The summed E-state index contributed by atoms with van der Waals surface area (Å²) in [6.45, 7) is 6.49. The molecule has 15 heavy (non-hydrogen) atoms. The summed E-state index contributed by atoms with van der Waals surface area (Å²) in [7, 11) is 0. The van der Waals surface area contributed by atoms with Gasteiger partial charge in [-0.2, -0.15) is 0 Å². The van der Waals surface area contributed by atoms with Crippen LogP contribution >= 0.6 is 11.6 Å². The molecule has 2 atom stereocenters. The lowest BCUT2D eigenvalue weighted by atomic mass is 9.66. The molecule has 2 unspecified atom stereocenters. The molecule has 2 rings (SSSR count). The smallest absolute Gasteiger partial charge is 0.0426 e. The third-order valence-electron chi connectivity index (χ3n) is 3.50. The molecule has 0 radical (unpaired) electrons. The van der Waals surface area contributed by atoms with Crippen LogP contribution < -0.4 is 5.32 Å². The second kappa shape index (κ2) is 3.67. The van der Waals surface area contributed by atoms with Crippen LogP contribution in [0.2, 0.25) is 0 Å². The van der Waals surface area contributed by atoms with Crippen molar-refractivity contribution in [2.45, 2.75) is 38.6 Å². The number of anilines is 1. The van der Waals surface area contributed by atoms with Crippen molar-refractivity contribution in [3.8, 4) is 0 Å². The number of nitrogens with zero attached hydrogens (tertiary/aromatic N) is 1. The summed E-state index contributed by atoms with van der Waals surface area (Å²) < 4.78 is 0. The summed E-state index contributed by atoms with van der Waals surface area (Å²) >= 11 is 6.19. The summed E-state index contributed by atoms with van der Waals surface area (Å²) in [4.78, 5) is 4.08. The molecule has 0 aliphatic heterocycles. The topological polar surface area (TPSA) is 24.9 Å². The lowest BCUT2D eigenvalue weighted by molar-refractivity contribution is 0.168. The number of hydrogen-bond donors (Lipinski definition) is 1. The Bertz CT molecular complexity index is 362. The second-order valence-electron chi connectivity index (χ2n) is 4.91. The van der Waals surface area contributed by atoms with Gasteiger partial charge in [-0.15, -0.1) is 11.6 Å². The van der Waals surface area contributed by atoms with E-state index in [4.69, 9.17) is 11.6 Å². The zero-order valence-corrected chi connectivity index (χ0v) is 10.2. The van der Waals surface area contributed by atoms with Gasteiger partial charge in [-0.3, -0.25) is 4.98 Å². The molecular formula is C12H17ClN2. The lowest BCUT2D eigenvalue weighted by Gasteiger charge is -2.49. The van der Waals surface area contributed by atoms with Crippen molar-refractivity contribution in [3.63, 3.8) is 0 Å². The van der Waals surface area contributed by atoms with Crippen molar-refractivity contribution in [2.24, 2.45) is 5.41 Å². The van der Waals surface area contributed by atoms with Crippen LogP contribution in [0.25, 0.3) is 0 Å². The van der Waals surface area contributed by atoms with Crippen molar-refractivity contribution < 1.29 is 0 Å². The first kappa shape index (κ1) is 10.7. The van der Waals surface area contributed by atoms with Gasteiger partial charge in [-0.05, 0) is 25.0 Å². The molecule has 0 bridgehead atoms. The fourth-order valence-electron chi connectivity index (χ4n) is 1.94. The van der Waals surface area contributed by atoms with E-state index in [1.807, 2.05) is 18.5 Å². The van der Waals surface area contributed by atoms with Crippen molar-refractivity contribution in [1.29, 1.82) is 0 Å². The van der Waals surface area contributed by atoms with Crippen molar-refractivity contribution in [3.05, 3.63) is 24.0 Å². The van der Waals surface area contributed by atoms with E-state index in [0.717, 1.165) is 6.42 Å². The summed E-state index contributed by atoms with van der Waals surface area (Å²) in [5, 5.41) is 3.83. The number of nitrogens with one attached hydrogen (secondary N) is 1. The minimum absolute atomic E-state index is 0.178. The van der Waals surface area contributed by atoms with Gasteiger partial charge in [0.05, 0.1) is 0 Å². The highest BCUT2D eigenvalue weighted by Gasteiger charge is 2.47. The molecule has 0 saturated heterocycles. The number of aromatic nitrogens is 1. The third kappa shape index (κ3) is 1.83. The highest BCUT2D eigenvalue weighted by Crippen LogP contribution is 2.45. The van der Waals surface area contributed by atoms with Crippen LogP contribution in [0.3, 0.4) is 0 Å². The molecule has 1 N–H and O–H groups in total. The van der Waals surface area contributed by atoms with Crippen molar-refractivity contribution >= 4 is 17.3 Å². The average Bonchev–Trinajstić information content (AvgIpc) is 2.20. The predicted octanol–water partition coefficient (Wildman–Crippen LogP) is 3.21. The van der Waals surface area contributed by atoms with Gasteiger partial charge in [-0.1, -0.05) is 13.8 Å². The quantitative estimate of drug-likeness (QED) is 0.781. The Morgan fingerprint density at radius 2 is 2.27 bits per heavy atom. The van der Waals surface area contributed by atoms with Crippen LogP contribution in [-0.4, -0.2) is 16.4 Å². The number of hydrogen-bond acceptors (Lipinski definition) is 2. The van der Waals surface area contributed by atoms with Gasteiger partial charge in [0.15, 0.2) is 0 Å². The lowest BCUT2D eigenvalue weighted by Crippen LogP contribution is -2.54.